The van der Waals surface area contributed by atoms with Crippen molar-refractivity contribution in [3.63, 3.8) is 0 Å². The number of aryl methyl sites for hydroxylation is 1. The Bertz CT molecular complexity index is 471. The zero-order valence-electron chi connectivity index (χ0n) is 10.2. The molecule has 0 radical (unpaired) electrons. The van der Waals surface area contributed by atoms with E-state index in [0.717, 1.165) is 17.6 Å². The van der Waals surface area contributed by atoms with Crippen LogP contribution in [0.2, 0.25) is 0 Å². The third-order valence-corrected chi connectivity index (χ3v) is 4.34. The Morgan fingerprint density at radius 2 is 2.06 bits per heavy atom. The number of hydrogen-bond acceptors (Lipinski definition) is 3. The molecule has 0 aliphatic heterocycles. The number of halogens is 1. The van der Waals surface area contributed by atoms with Crippen molar-refractivity contribution in [2.24, 2.45) is 0 Å². The van der Waals surface area contributed by atoms with Gasteiger partial charge in [-0.25, -0.2) is 8.42 Å². The van der Waals surface area contributed by atoms with Crippen molar-refractivity contribution in [1.82, 2.24) is 5.32 Å². The predicted molar refractivity (Wildman–Crippen MR) is 74.9 cm³/mol. The first-order valence-electron chi connectivity index (χ1n) is 5.52. The van der Waals surface area contributed by atoms with Gasteiger partial charge in [0, 0.05) is 17.3 Å². The minimum absolute atomic E-state index is 0.249. The number of benzene rings is 1. The Morgan fingerprint density at radius 3 is 2.65 bits per heavy atom. The highest BCUT2D eigenvalue weighted by Crippen LogP contribution is 2.16. The van der Waals surface area contributed by atoms with Crippen LogP contribution in [0.3, 0.4) is 0 Å². The molecule has 0 fully saturated rings. The first-order valence-corrected chi connectivity index (χ1v) is 8.37. The van der Waals surface area contributed by atoms with Crippen LogP contribution in [-0.4, -0.2) is 27.0 Å². The Hall–Kier alpha value is -0.390. The van der Waals surface area contributed by atoms with Gasteiger partial charge in [-0.3, -0.25) is 0 Å². The van der Waals surface area contributed by atoms with E-state index in [1.165, 1.54) is 17.4 Å². The minimum Gasteiger partial charge on any atom is -0.313 e. The minimum atomic E-state index is -2.83. The van der Waals surface area contributed by atoms with Gasteiger partial charge in [-0.1, -0.05) is 28.1 Å². The molecular weight excluding hydrogens is 302 g/mol. The lowest BCUT2D eigenvalue weighted by atomic mass is 10.1. The van der Waals surface area contributed by atoms with E-state index in [9.17, 15) is 8.42 Å². The second-order valence-electron chi connectivity index (χ2n) is 4.24. The number of rotatable bonds is 6. The number of hydrogen-bond donors (Lipinski definition) is 1. The van der Waals surface area contributed by atoms with Gasteiger partial charge >= 0.3 is 0 Å². The molecule has 1 N–H and O–H groups in total. The zero-order chi connectivity index (χ0) is 12.9. The van der Waals surface area contributed by atoms with Crippen LogP contribution in [0.15, 0.2) is 22.7 Å². The molecule has 17 heavy (non-hydrogen) atoms. The molecule has 1 rings (SSSR count). The smallest absolute Gasteiger partial charge is 0.147 e. The molecule has 0 spiro atoms. The summed E-state index contributed by atoms with van der Waals surface area (Å²) in [6.45, 7) is 3.55. The summed E-state index contributed by atoms with van der Waals surface area (Å²) >= 11 is 3.46. The zero-order valence-corrected chi connectivity index (χ0v) is 12.6. The summed E-state index contributed by atoms with van der Waals surface area (Å²) in [6.07, 6.45) is 1.93. The number of sulfone groups is 1. The molecule has 0 heterocycles. The lowest BCUT2D eigenvalue weighted by Crippen LogP contribution is -2.17. The summed E-state index contributed by atoms with van der Waals surface area (Å²) in [4.78, 5) is 0. The van der Waals surface area contributed by atoms with E-state index in [1.54, 1.807) is 0 Å². The summed E-state index contributed by atoms with van der Waals surface area (Å²) in [5, 5.41) is 3.24. The lowest BCUT2D eigenvalue weighted by molar-refractivity contribution is 0.594. The average molecular weight is 320 g/mol. The molecule has 0 amide bonds. The fraction of sp³-hybridized carbons (Fsp3) is 0.500. The third-order valence-electron chi connectivity index (χ3n) is 2.42. The van der Waals surface area contributed by atoms with Crippen LogP contribution in [0.5, 0.6) is 0 Å². The monoisotopic (exact) mass is 319 g/mol. The fourth-order valence-electron chi connectivity index (χ4n) is 1.51. The molecule has 0 aromatic heterocycles. The average Bonchev–Trinajstić information content (AvgIpc) is 2.21. The van der Waals surface area contributed by atoms with Crippen molar-refractivity contribution in [3.8, 4) is 0 Å². The van der Waals surface area contributed by atoms with Crippen molar-refractivity contribution >= 4 is 25.8 Å². The Morgan fingerprint density at radius 1 is 1.35 bits per heavy atom. The molecule has 5 heteroatoms. The second-order valence-corrected chi connectivity index (χ2v) is 7.36. The van der Waals surface area contributed by atoms with Crippen LogP contribution in [0.1, 0.15) is 17.5 Å². The summed E-state index contributed by atoms with van der Waals surface area (Å²) in [5.41, 5.74) is 2.42. The first kappa shape index (κ1) is 14.7. The molecule has 1 aromatic rings. The van der Waals surface area contributed by atoms with Crippen molar-refractivity contribution in [3.05, 3.63) is 33.8 Å². The van der Waals surface area contributed by atoms with E-state index in [4.69, 9.17) is 0 Å². The third kappa shape index (κ3) is 6.19. The van der Waals surface area contributed by atoms with Gasteiger partial charge in [0.25, 0.3) is 0 Å². The lowest BCUT2D eigenvalue weighted by Gasteiger charge is -2.06. The van der Waals surface area contributed by atoms with E-state index in [-0.39, 0.29) is 5.75 Å². The maximum atomic E-state index is 10.9. The molecule has 0 saturated carbocycles. The molecule has 96 valence electrons. The summed E-state index contributed by atoms with van der Waals surface area (Å²) in [5.74, 6) is 0.249. The van der Waals surface area contributed by atoms with Gasteiger partial charge in [0.1, 0.15) is 9.84 Å². The van der Waals surface area contributed by atoms with E-state index < -0.39 is 9.84 Å². The molecule has 3 nitrogen and oxygen atoms in total. The molecule has 0 bridgehead atoms. The van der Waals surface area contributed by atoms with Gasteiger partial charge in [0.2, 0.25) is 0 Å². The van der Waals surface area contributed by atoms with Gasteiger partial charge in [0.15, 0.2) is 0 Å². The van der Waals surface area contributed by atoms with Crippen LogP contribution in [0, 0.1) is 6.92 Å². The summed E-state index contributed by atoms with van der Waals surface area (Å²) in [7, 11) is -2.83. The largest absolute Gasteiger partial charge is 0.313 e. The van der Waals surface area contributed by atoms with Gasteiger partial charge in [0.05, 0.1) is 5.75 Å². The Balaban J connectivity index is 2.29. The van der Waals surface area contributed by atoms with Gasteiger partial charge in [-0.2, -0.15) is 0 Å². The van der Waals surface area contributed by atoms with Crippen molar-refractivity contribution in [1.29, 1.82) is 0 Å². The van der Waals surface area contributed by atoms with E-state index in [1.807, 2.05) is 6.07 Å². The first-order chi connectivity index (χ1) is 7.88. The molecule has 0 aliphatic carbocycles. The highest BCUT2D eigenvalue weighted by Gasteiger charge is 2.01. The van der Waals surface area contributed by atoms with Crippen molar-refractivity contribution < 1.29 is 8.42 Å². The fourth-order valence-corrected chi connectivity index (χ4v) is 2.42. The van der Waals surface area contributed by atoms with Crippen LogP contribution in [-0.2, 0) is 16.4 Å². The van der Waals surface area contributed by atoms with Gasteiger partial charge in [-0.15, -0.1) is 0 Å². The number of nitrogens with one attached hydrogen (secondary N) is 1. The second kappa shape index (κ2) is 6.52. The highest BCUT2D eigenvalue weighted by molar-refractivity contribution is 9.10. The summed E-state index contributed by atoms with van der Waals surface area (Å²) in [6, 6.07) is 6.21. The predicted octanol–water partition coefficient (Wildman–Crippen LogP) is 2.28. The quantitative estimate of drug-likeness (QED) is 0.818. The van der Waals surface area contributed by atoms with Crippen LogP contribution >= 0.6 is 15.9 Å². The van der Waals surface area contributed by atoms with E-state index in [0.29, 0.717) is 6.42 Å². The molecule has 0 aliphatic rings. The van der Waals surface area contributed by atoms with E-state index in [2.05, 4.69) is 40.3 Å². The van der Waals surface area contributed by atoms with Gasteiger partial charge < -0.3 is 5.32 Å². The van der Waals surface area contributed by atoms with E-state index >= 15 is 0 Å². The van der Waals surface area contributed by atoms with Gasteiger partial charge in [-0.05, 0) is 37.1 Å². The SMILES string of the molecule is Cc1cc(CNCCCS(C)(=O)=O)ccc1Br. The van der Waals surface area contributed by atoms with Crippen LogP contribution < -0.4 is 5.32 Å². The standard InChI is InChI=1S/C12H18BrNO2S/c1-10-8-11(4-5-12(10)13)9-14-6-3-7-17(2,15)16/h4-5,8,14H,3,6-7,9H2,1-2H3. The molecule has 0 unspecified atom stereocenters. The molecule has 0 atom stereocenters. The maximum Gasteiger partial charge on any atom is 0.147 e. The highest BCUT2D eigenvalue weighted by atomic mass is 79.9. The van der Waals surface area contributed by atoms with Crippen LogP contribution in [0.25, 0.3) is 0 Å². The molecule has 1 aromatic carbocycles. The molecular formula is C12H18BrNO2S. The summed E-state index contributed by atoms with van der Waals surface area (Å²) < 4.78 is 22.9. The van der Waals surface area contributed by atoms with Crippen molar-refractivity contribution in [2.45, 2.75) is 19.9 Å². The normalized spacial score (nSPS) is 11.7. The Kier molecular flexibility index (Phi) is 5.62. The van der Waals surface area contributed by atoms with Crippen molar-refractivity contribution in [2.75, 3.05) is 18.6 Å². The molecule has 0 saturated heterocycles. The Labute approximate surface area is 112 Å². The topological polar surface area (TPSA) is 46.2 Å². The van der Waals surface area contributed by atoms with Crippen LogP contribution in [0.4, 0.5) is 0 Å². The maximum absolute atomic E-state index is 10.9.